The van der Waals surface area contributed by atoms with E-state index in [1.807, 2.05) is 6.07 Å². The smallest absolute Gasteiger partial charge is 0.166 e. The fourth-order valence-electron chi connectivity index (χ4n) is 3.44. The first-order valence-corrected chi connectivity index (χ1v) is 10.4. The van der Waals surface area contributed by atoms with Gasteiger partial charge in [0.2, 0.25) is 0 Å². The van der Waals surface area contributed by atoms with Crippen molar-refractivity contribution in [2.45, 2.75) is 25.9 Å². The van der Waals surface area contributed by atoms with Crippen LogP contribution in [0.1, 0.15) is 18.7 Å². The number of nitrogens with one attached hydrogen (secondary N) is 2. The van der Waals surface area contributed by atoms with E-state index in [4.69, 9.17) is 32.7 Å². The molecule has 1 aliphatic heterocycles. The molecule has 158 valence electrons. The van der Waals surface area contributed by atoms with Crippen LogP contribution in [-0.2, 0) is 0 Å². The van der Waals surface area contributed by atoms with Crippen LogP contribution in [0.3, 0.4) is 0 Å². The van der Waals surface area contributed by atoms with E-state index in [-0.39, 0.29) is 21.8 Å². The van der Waals surface area contributed by atoms with Crippen molar-refractivity contribution in [1.29, 1.82) is 0 Å². The fraction of sp³-hybridized carbons (Fsp3) is 0.333. The number of halogens is 3. The lowest BCUT2D eigenvalue weighted by Gasteiger charge is -2.25. The summed E-state index contributed by atoms with van der Waals surface area (Å²) in [5.74, 6) is 1.51. The minimum absolute atomic E-state index is 0.0906. The molecule has 0 aliphatic carbocycles. The number of aromatic nitrogens is 2. The van der Waals surface area contributed by atoms with Gasteiger partial charge in [0.15, 0.2) is 17.3 Å². The molecule has 3 aromatic rings. The Balaban J connectivity index is 1.77. The molecule has 6 nitrogen and oxygen atoms in total. The highest BCUT2D eigenvalue weighted by Crippen LogP contribution is 2.37. The van der Waals surface area contributed by atoms with E-state index in [0.29, 0.717) is 34.0 Å². The van der Waals surface area contributed by atoms with Crippen LogP contribution in [-0.4, -0.2) is 36.3 Å². The SMILES string of the molecule is COc1cc2nc(C)nc(Nc3ccc(Cl)c(Cl)c3F)c2cc1OC1CCNCC1. The molecule has 0 radical (unpaired) electrons. The predicted molar refractivity (Wildman–Crippen MR) is 117 cm³/mol. The predicted octanol–water partition coefficient (Wildman–Crippen LogP) is 5.27. The standard InChI is InChI=1S/C21H21Cl2FN4O2/c1-11-26-16-10-17(29-2)18(30-12-5-7-25-8-6-12)9-13(16)21(27-11)28-15-4-3-14(22)19(23)20(15)24/h3-4,9-10,12,25H,5-8H2,1-2H3,(H,26,27,28). The average molecular weight is 451 g/mol. The largest absolute Gasteiger partial charge is 0.493 e. The zero-order valence-electron chi connectivity index (χ0n) is 16.6. The minimum atomic E-state index is -0.645. The van der Waals surface area contributed by atoms with Crippen LogP contribution < -0.4 is 20.1 Å². The molecule has 2 aromatic carbocycles. The number of hydrogen-bond donors (Lipinski definition) is 2. The van der Waals surface area contributed by atoms with Crippen molar-refractivity contribution in [3.8, 4) is 11.5 Å². The first kappa shape index (κ1) is 20.9. The second-order valence-electron chi connectivity index (χ2n) is 7.05. The lowest BCUT2D eigenvalue weighted by atomic mass is 10.1. The Morgan fingerprint density at radius 3 is 2.63 bits per heavy atom. The molecule has 0 spiro atoms. The molecular weight excluding hydrogens is 430 g/mol. The second-order valence-corrected chi connectivity index (χ2v) is 7.84. The second kappa shape index (κ2) is 8.79. The molecule has 1 fully saturated rings. The van der Waals surface area contributed by atoms with Gasteiger partial charge in [-0.1, -0.05) is 23.2 Å². The van der Waals surface area contributed by atoms with E-state index >= 15 is 0 Å². The van der Waals surface area contributed by atoms with Crippen LogP contribution in [0.2, 0.25) is 10.0 Å². The summed E-state index contributed by atoms with van der Waals surface area (Å²) < 4.78 is 26.3. The van der Waals surface area contributed by atoms with Crippen molar-refractivity contribution in [3.05, 3.63) is 46.0 Å². The summed E-state index contributed by atoms with van der Waals surface area (Å²) in [4.78, 5) is 8.95. The van der Waals surface area contributed by atoms with Gasteiger partial charge >= 0.3 is 0 Å². The summed E-state index contributed by atoms with van der Waals surface area (Å²) in [6, 6.07) is 6.67. The topological polar surface area (TPSA) is 68.3 Å². The Labute approximate surface area is 183 Å². The molecule has 0 saturated carbocycles. The molecule has 0 amide bonds. The lowest BCUT2D eigenvalue weighted by Crippen LogP contribution is -2.34. The van der Waals surface area contributed by atoms with Crippen LogP contribution in [0.4, 0.5) is 15.9 Å². The third-order valence-electron chi connectivity index (χ3n) is 4.96. The zero-order chi connectivity index (χ0) is 21.3. The van der Waals surface area contributed by atoms with Gasteiger partial charge in [-0.15, -0.1) is 0 Å². The van der Waals surface area contributed by atoms with E-state index in [1.54, 1.807) is 20.1 Å². The van der Waals surface area contributed by atoms with Crippen LogP contribution in [0.15, 0.2) is 24.3 Å². The summed E-state index contributed by atoms with van der Waals surface area (Å²) in [6.07, 6.45) is 1.91. The van der Waals surface area contributed by atoms with Crippen molar-refractivity contribution in [2.24, 2.45) is 0 Å². The number of rotatable bonds is 5. The number of hydrogen-bond acceptors (Lipinski definition) is 6. The van der Waals surface area contributed by atoms with Gasteiger partial charge in [0.1, 0.15) is 17.7 Å². The summed E-state index contributed by atoms with van der Waals surface area (Å²) in [5.41, 5.74) is 0.820. The molecule has 0 bridgehead atoms. The molecule has 30 heavy (non-hydrogen) atoms. The van der Waals surface area contributed by atoms with Gasteiger partial charge in [0.25, 0.3) is 0 Å². The number of benzene rings is 2. The Bertz CT molecular complexity index is 1090. The molecule has 2 heterocycles. The molecule has 1 aromatic heterocycles. The number of anilines is 2. The molecule has 1 saturated heterocycles. The molecule has 2 N–H and O–H groups in total. The zero-order valence-corrected chi connectivity index (χ0v) is 18.1. The third-order valence-corrected chi connectivity index (χ3v) is 5.74. The summed E-state index contributed by atoms with van der Waals surface area (Å²) in [7, 11) is 1.59. The van der Waals surface area contributed by atoms with Crippen molar-refractivity contribution in [3.63, 3.8) is 0 Å². The van der Waals surface area contributed by atoms with Crippen LogP contribution >= 0.6 is 23.2 Å². The van der Waals surface area contributed by atoms with Gasteiger partial charge in [-0.2, -0.15) is 0 Å². The van der Waals surface area contributed by atoms with Gasteiger partial charge in [-0.25, -0.2) is 14.4 Å². The number of methoxy groups -OCH3 is 1. The molecule has 0 atom stereocenters. The summed E-state index contributed by atoms with van der Waals surface area (Å²) in [6.45, 7) is 3.58. The minimum Gasteiger partial charge on any atom is -0.493 e. The number of ether oxygens (including phenoxy) is 2. The summed E-state index contributed by atoms with van der Waals surface area (Å²) >= 11 is 11.8. The van der Waals surface area contributed by atoms with Crippen molar-refractivity contribution >= 4 is 45.6 Å². The summed E-state index contributed by atoms with van der Waals surface area (Å²) in [5, 5.41) is 7.01. The number of fused-ring (bicyclic) bond motifs is 1. The highest BCUT2D eigenvalue weighted by molar-refractivity contribution is 6.42. The monoisotopic (exact) mass is 450 g/mol. The normalized spacial score (nSPS) is 14.7. The van der Waals surface area contributed by atoms with Gasteiger partial charge in [-0.05, 0) is 51.1 Å². The van der Waals surface area contributed by atoms with E-state index in [1.165, 1.54) is 12.1 Å². The molecule has 0 unspecified atom stereocenters. The van der Waals surface area contributed by atoms with Gasteiger partial charge in [0.05, 0.1) is 28.4 Å². The quantitative estimate of drug-likeness (QED) is 0.516. The van der Waals surface area contributed by atoms with E-state index < -0.39 is 5.82 Å². The van der Waals surface area contributed by atoms with Gasteiger partial charge in [-0.3, -0.25) is 0 Å². The van der Waals surface area contributed by atoms with Crippen LogP contribution in [0.5, 0.6) is 11.5 Å². The lowest BCUT2D eigenvalue weighted by molar-refractivity contribution is 0.157. The van der Waals surface area contributed by atoms with E-state index in [0.717, 1.165) is 25.9 Å². The fourth-order valence-corrected chi connectivity index (χ4v) is 3.75. The molecule has 1 aliphatic rings. The maximum absolute atomic E-state index is 14.6. The number of aryl methyl sites for hydroxylation is 1. The van der Waals surface area contributed by atoms with Crippen molar-refractivity contribution in [1.82, 2.24) is 15.3 Å². The van der Waals surface area contributed by atoms with Crippen LogP contribution in [0.25, 0.3) is 10.9 Å². The third kappa shape index (κ3) is 4.24. The Morgan fingerprint density at radius 2 is 1.90 bits per heavy atom. The number of piperidine rings is 1. The van der Waals surface area contributed by atoms with E-state index in [2.05, 4.69) is 20.6 Å². The van der Waals surface area contributed by atoms with Gasteiger partial charge < -0.3 is 20.1 Å². The maximum Gasteiger partial charge on any atom is 0.166 e. The number of nitrogens with zero attached hydrogens (tertiary/aromatic N) is 2. The maximum atomic E-state index is 14.6. The van der Waals surface area contributed by atoms with Gasteiger partial charge in [0, 0.05) is 11.5 Å². The first-order chi connectivity index (χ1) is 14.5. The Hall–Kier alpha value is -2.35. The Kier molecular flexibility index (Phi) is 6.13. The molecule has 9 heteroatoms. The molecule has 4 rings (SSSR count). The van der Waals surface area contributed by atoms with E-state index in [9.17, 15) is 4.39 Å². The van der Waals surface area contributed by atoms with Crippen molar-refractivity contribution in [2.75, 3.05) is 25.5 Å². The highest BCUT2D eigenvalue weighted by Gasteiger charge is 2.20. The highest BCUT2D eigenvalue weighted by atomic mass is 35.5. The van der Waals surface area contributed by atoms with Crippen molar-refractivity contribution < 1.29 is 13.9 Å². The first-order valence-electron chi connectivity index (χ1n) is 9.60. The average Bonchev–Trinajstić information content (AvgIpc) is 2.74. The van der Waals surface area contributed by atoms with Crippen LogP contribution in [0, 0.1) is 12.7 Å². The molecular formula is C21H21Cl2FN4O2. The Morgan fingerprint density at radius 1 is 1.13 bits per heavy atom.